The smallest absolute Gasteiger partial charge is 0.293 e. The van der Waals surface area contributed by atoms with Gasteiger partial charge in [-0.3, -0.25) is 10.1 Å². The van der Waals surface area contributed by atoms with Crippen molar-refractivity contribution in [2.24, 2.45) is 0 Å². The van der Waals surface area contributed by atoms with Crippen molar-refractivity contribution in [2.75, 3.05) is 11.6 Å². The van der Waals surface area contributed by atoms with Gasteiger partial charge in [-0.1, -0.05) is 59.9 Å². The minimum absolute atomic E-state index is 0.0388. The molecule has 0 aliphatic carbocycles. The summed E-state index contributed by atoms with van der Waals surface area (Å²) in [6.07, 6.45) is 1.12. The zero-order valence-electron chi connectivity index (χ0n) is 14.7. The number of benzene rings is 2. The predicted molar refractivity (Wildman–Crippen MR) is 108 cm³/mol. The van der Waals surface area contributed by atoms with E-state index in [1.54, 1.807) is 24.3 Å². The Balaban J connectivity index is 1.66. The molecule has 1 N–H and O–H groups in total. The zero-order chi connectivity index (χ0) is 19.7. The molecule has 2 heterocycles. The number of sulfone groups is 1. The maximum absolute atomic E-state index is 12.8. The number of anilines is 1. The summed E-state index contributed by atoms with van der Waals surface area (Å²) in [5.74, 6) is -0.897. The van der Waals surface area contributed by atoms with Crippen LogP contribution in [0.2, 0.25) is 0 Å². The van der Waals surface area contributed by atoms with E-state index in [4.69, 9.17) is 4.42 Å². The second kappa shape index (κ2) is 7.17. The number of hydrogen-bond donors (Lipinski definition) is 1. The van der Waals surface area contributed by atoms with E-state index in [1.807, 2.05) is 30.3 Å². The van der Waals surface area contributed by atoms with Crippen LogP contribution in [0.15, 0.2) is 59.0 Å². The van der Waals surface area contributed by atoms with Crippen LogP contribution < -0.4 is 5.32 Å². The van der Waals surface area contributed by atoms with E-state index < -0.39 is 15.7 Å². The third-order valence-electron chi connectivity index (χ3n) is 3.98. The number of aromatic nitrogens is 2. The van der Waals surface area contributed by atoms with E-state index in [0.717, 1.165) is 11.8 Å². The van der Waals surface area contributed by atoms with Crippen LogP contribution in [0.1, 0.15) is 16.1 Å². The van der Waals surface area contributed by atoms with Crippen LogP contribution in [0.3, 0.4) is 0 Å². The van der Waals surface area contributed by atoms with Gasteiger partial charge < -0.3 is 4.42 Å². The van der Waals surface area contributed by atoms with E-state index in [2.05, 4.69) is 15.5 Å². The summed E-state index contributed by atoms with van der Waals surface area (Å²) in [6, 6.07) is 16.4. The van der Waals surface area contributed by atoms with Gasteiger partial charge in [0.15, 0.2) is 15.6 Å². The molecule has 0 bridgehead atoms. The highest BCUT2D eigenvalue weighted by Gasteiger charge is 2.24. The lowest BCUT2D eigenvalue weighted by molar-refractivity contribution is 0.0997. The first-order valence-corrected chi connectivity index (χ1v) is 11.2. The molecule has 0 unspecified atom stereocenters. The number of nitrogens with one attached hydrogen (secondary N) is 1. The van der Waals surface area contributed by atoms with Crippen LogP contribution in [0, 0.1) is 0 Å². The Hall–Kier alpha value is -3.04. The standard InChI is InChI=1S/C19H15N3O4S2/c1-28(24,25)11-14-13-9-5-6-10-15(13)26-16(14)17(23)20-19-22-21-18(27-19)12-7-3-2-4-8-12/h2-10H,11H2,1H3,(H,20,22,23). The molecule has 2 aromatic heterocycles. The van der Waals surface area contributed by atoms with E-state index in [1.165, 1.54) is 11.3 Å². The van der Waals surface area contributed by atoms with Crippen molar-refractivity contribution in [3.8, 4) is 10.6 Å². The lowest BCUT2D eigenvalue weighted by atomic mass is 10.1. The molecule has 1 amide bonds. The van der Waals surface area contributed by atoms with Gasteiger partial charge in [-0.15, -0.1) is 10.2 Å². The van der Waals surface area contributed by atoms with Crippen LogP contribution in [-0.2, 0) is 15.6 Å². The largest absolute Gasteiger partial charge is 0.451 e. The molecule has 0 saturated carbocycles. The van der Waals surface area contributed by atoms with Crippen molar-refractivity contribution in [2.45, 2.75) is 5.75 Å². The van der Waals surface area contributed by atoms with Crippen molar-refractivity contribution in [1.82, 2.24) is 10.2 Å². The number of para-hydroxylation sites is 1. The maximum atomic E-state index is 12.8. The lowest BCUT2D eigenvalue weighted by Crippen LogP contribution is -2.14. The summed E-state index contributed by atoms with van der Waals surface area (Å²) in [7, 11) is -3.36. The monoisotopic (exact) mass is 413 g/mol. The molecule has 0 saturated heterocycles. The Bertz CT molecular complexity index is 1260. The van der Waals surface area contributed by atoms with Gasteiger partial charge in [-0.25, -0.2) is 8.42 Å². The number of rotatable bonds is 5. The lowest BCUT2D eigenvalue weighted by Gasteiger charge is -2.02. The molecule has 0 spiro atoms. The van der Waals surface area contributed by atoms with Crippen LogP contribution in [0.25, 0.3) is 21.5 Å². The van der Waals surface area contributed by atoms with Gasteiger partial charge >= 0.3 is 0 Å². The van der Waals surface area contributed by atoms with E-state index in [-0.39, 0.29) is 11.5 Å². The fraction of sp³-hybridized carbons (Fsp3) is 0.105. The second-order valence-corrected chi connectivity index (χ2v) is 9.33. The molecule has 9 heteroatoms. The van der Waals surface area contributed by atoms with Crippen LogP contribution in [0.5, 0.6) is 0 Å². The third-order valence-corrected chi connectivity index (χ3v) is 5.68. The van der Waals surface area contributed by atoms with Crippen molar-refractivity contribution < 1.29 is 17.6 Å². The van der Waals surface area contributed by atoms with Gasteiger partial charge in [-0.05, 0) is 6.07 Å². The Labute approximate surface area is 165 Å². The molecule has 0 fully saturated rings. The highest BCUT2D eigenvalue weighted by Crippen LogP contribution is 2.30. The zero-order valence-corrected chi connectivity index (χ0v) is 16.4. The number of carbonyl (C=O) groups is 1. The molecule has 7 nitrogen and oxygen atoms in total. The molecule has 0 aliphatic heterocycles. The first-order chi connectivity index (χ1) is 13.4. The number of amides is 1. The Morgan fingerprint density at radius 2 is 1.79 bits per heavy atom. The number of carbonyl (C=O) groups excluding carboxylic acids is 1. The van der Waals surface area contributed by atoms with Gasteiger partial charge in [0.1, 0.15) is 10.6 Å². The Morgan fingerprint density at radius 1 is 1.07 bits per heavy atom. The number of fused-ring (bicyclic) bond motifs is 1. The molecule has 142 valence electrons. The minimum atomic E-state index is -3.36. The number of hydrogen-bond acceptors (Lipinski definition) is 7. The fourth-order valence-corrected chi connectivity index (χ4v) is 4.37. The first kappa shape index (κ1) is 18.3. The van der Waals surface area contributed by atoms with Gasteiger partial charge in [0.2, 0.25) is 5.13 Å². The van der Waals surface area contributed by atoms with Crippen LogP contribution in [0.4, 0.5) is 5.13 Å². The molecule has 4 rings (SSSR count). The number of furan rings is 1. The summed E-state index contributed by atoms with van der Waals surface area (Å²) in [6.45, 7) is 0. The van der Waals surface area contributed by atoms with E-state index in [9.17, 15) is 13.2 Å². The summed E-state index contributed by atoms with van der Waals surface area (Å²) in [4.78, 5) is 12.8. The third kappa shape index (κ3) is 3.80. The molecular formula is C19H15N3O4S2. The Kier molecular flexibility index (Phi) is 4.70. The molecular weight excluding hydrogens is 398 g/mol. The van der Waals surface area contributed by atoms with Crippen molar-refractivity contribution in [3.63, 3.8) is 0 Å². The van der Waals surface area contributed by atoms with Crippen LogP contribution >= 0.6 is 11.3 Å². The van der Waals surface area contributed by atoms with E-state index >= 15 is 0 Å². The highest BCUT2D eigenvalue weighted by molar-refractivity contribution is 7.89. The van der Waals surface area contributed by atoms with Crippen molar-refractivity contribution >= 4 is 43.2 Å². The summed E-state index contributed by atoms with van der Waals surface area (Å²) in [5.41, 5.74) is 1.68. The molecule has 0 radical (unpaired) electrons. The maximum Gasteiger partial charge on any atom is 0.293 e. The quantitative estimate of drug-likeness (QED) is 0.535. The molecule has 0 aliphatic rings. The number of nitrogens with zero attached hydrogens (tertiary/aromatic N) is 2. The van der Waals surface area contributed by atoms with Crippen molar-refractivity contribution in [3.05, 3.63) is 65.9 Å². The highest BCUT2D eigenvalue weighted by atomic mass is 32.2. The van der Waals surface area contributed by atoms with E-state index in [0.29, 0.717) is 26.7 Å². The van der Waals surface area contributed by atoms with Crippen LogP contribution in [-0.4, -0.2) is 30.8 Å². The molecule has 4 aromatic rings. The molecule has 0 atom stereocenters. The van der Waals surface area contributed by atoms with Gasteiger partial charge in [0.05, 0.1) is 5.75 Å². The fourth-order valence-electron chi connectivity index (χ4n) is 2.81. The van der Waals surface area contributed by atoms with Crippen molar-refractivity contribution in [1.29, 1.82) is 0 Å². The topological polar surface area (TPSA) is 102 Å². The summed E-state index contributed by atoms with van der Waals surface area (Å²) < 4.78 is 29.3. The molecule has 28 heavy (non-hydrogen) atoms. The summed E-state index contributed by atoms with van der Waals surface area (Å²) in [5, 5.41) is 12.3. The first-order valence-electron chi connectivity index (χ1n) is 8.29. The van der Waals surface area contributed by atoms with Gasteiger partial charge in [-0.2, -0.15) is 0 Å². The SMILES string of the molecule is CS(=O)(=O)Cc1c(C(=O)Nc2nnc(-c3ccccc3)s2)oc2ccccc12. The van der Waals surface area contributed by atoms with Gasteiger partial charge in [0.25, 0.3) is 5.91 Å². The predicted octanol–water partition coefficient (Wildman–Crippen LogP) is 3.75. The second-order valence-electron chi connectivity index (χ2n) is 6.21. The minimum Gasteiger partial charge on any atom is -0.451 e. The summed E-state index contributed by atoms with van der Waals surface area (Å²) >= 11 is 1.22. The molecule has 2 aromatic carbocycles. The van der Waals surface area contributed by atoms with Gasteiger partial charge in [0, 0.05) is 22.8 Å². The Morgan fingerprint density at radius 3 is 2.54 bits per heavy atom. The normalized spacial score (nSPS) is 11.6. The average molecular weight is 413 g/mol. The average Bonchev–Trinajstić information content (AvgIpc) is 3.27.